The monoisotopic (exact) mass is 249 g/mol. The van der Waals surface area contributed by atoms with Gasteiger partial charge in [0, 0.05) is 6.54 Å². The summed E-state index contributed by atoms with van der Waals surface area (Å²) in [6.45, 7) is 0.276. The number of rotatable bonds is 7. The third-order valence-electron chi connectivity index (χ3n) is 1.24. The Morgan fingerprint density at radius 1 is 1.20 bits per heavy atom. The van der Waals surface area contributed by atoms with Crippen LogP contribution in [0.1, 0.15) is 0 Å². The lowest BCUT2D eigenvalue weighted by Gasteiger charge is -2.08. The number of carbonyl (C=O) groups is 1. The summed E-state index contributed by atoms with van der Waals surface area (Å²) in [6, 6.07) is 0.0359. The maximum absolute atomic E-state index is 11.6. The predicted octanol–water partition coefficient (Wildman–Crippen LogP) is 0.894. The lowest BCUT2D eigenvalue weighted by molar-refractivity contribution is -0.173. The highest BCUT2D eigenvalue weighted by Gasteiger charge is 2.38. The van der Waals surface area contributed by atoms with E-state index in [1.165, 1.54) is 0 Å². The second-order valence-electron chi connectivity index (χ2n) is 2.38. The Kier molecular flexibility index (Phi) is 7.45. The molecule has 4 nitrogen and oxygen atoms in total. The highest BCUT2D eigenvalue weighted by Crippen LogP contribution is 2.13. The summed E-state index contributed by atoms with van der Waals surface area (Å²) >= 11 is 5.17. The maximum Gasteiger partial charge on any atom is 0.471 e. The summed E-state index contributed by atoms with van der Waals surface area (Å²) in [5.41, 5.74) is 0. The van der Waals surface area contributed by atoms with Gasteiger partial charge in [-0.05, 0) is 0 Å². The average molecular weight is 250 g/mol. The molecule has 0 aromatic carbocycles. The second-order valence-corrected chi connectivity index (χ2v) is 2.60. The van der Waals surface area contributed by atoms with Crippen LogP contribution < -0.4 is 5.32 Å². The number of ether oxygens (including phenoxy) is 2. The Hall–Kier alpha value is -0.530. The number of alkyl halides is 4. The third kappa shape index (κ3) is 8.46. The summed E-state index contributed by atoms with van der Waals surface area (Å²) in [4.78, 5) is 10.3. The molecule has 0 heterocycles. The molecule has 15 heavy (non-hydrogen) atoms. The van der Waals surface area contributed by atoms with Gasteiger partial charge in [0.1, 0.15) is 6.07 Å². The van der Waals surface area contributed by atoms with Crippen LogP contribution in [0.15, 0.2) is 0 Å². The van der Waals surface area contributed by atoms with Gasteiger partial charge in [-0.15, -0.1) is 0 Å². The SMILES string of the molecule is O=C(NCCOCCOCCl)C(F)(F)F. The van der Waals surface area contributed by atoms with Crippen molar-refractivity contribution in [1.29, 1.82) is 0 Å². The molecule has 0 saturated carbocycles. The van der Waals surface area contributed by atoms with E-state index in [0.29, 0.717) is 0 Å². The Bertz CT molecular complexity index is 189. The van der Waals surface area contributed by atoms with E-state index >= 15 is 0 Å². The van der Waals surface area contributed by atoms with Crippen molar-refractivity contribution in [3.8, 4) is 0 Å². The van der Waals surface area contributed by atoms with E-state index in [1.54, 1.807) is 5.32 Å². The van der Waals surface area contributed by atoms with Crippen LogP contribution in [0.4, 0.5) is 13.2 Å². The Balaban J connectivity index is 3.28. The number of halogens is 4. The van der Waals surface area contributed by atoms with Crippen molar-refractivity contribution >= 4 is 17.5 Å². The van der Waals surface area contributed by atoms with Crippen LogP contribution >= 0.6 is 11.6 Å². The third-order valence-corrected chi connectivity index (χ3v) is 1.39. The molecule has 8 heteroatoms. The van der Waals surface area contributed by atoms with Crippen LogP contribution in [0.5, 0.6) is 0 Å². The van der Waals surface area contributed by atoms with Crippen LogP contribution in [-0.2, 0) is 14.3 Å². The topological polar surface area (TPSA) is 47.6 Å². The molecule has 0 atom stereocenters. The fraction of sp³-hybridized carbons (Fsp3) is 0.857. The molecule has 0 spiro atoms. The molecule has 0 aliphatic heterocycles. The first-order valence-electron chi connectivity index (χ1n) is 4.05. The number of carbonyl (C=O) groups excluding carboxylic acids is 1. The fourth-order valence-electron chi connectivity index (χ4n) is 0.611. The highest BCUT2D eigenvalue weighted by atomic mass is 35.5. The van der Waals surface area contributed by atoms with Crippen molar-refractivity contribution in [1.82, 2.24) is 5.32 Å². The van der Waals surface area contributed by atoms with E-state index in [0.717, 1.165) is 0 Å². The van der Waals surface area contributed by atoms with Crippen LogP contribution in [0, 0.1) is 0 Å². The predicted molar refractivity (Wildman–Crippen MR) is 46.6 cm³/mol. The molecule has 0 unspecified atom stereocenters. The first kappa shape index (κ1) is 14.5. The van der Waals surface area contributed by atoms with Gasteiger partial charge < -0.3 is 14.8 Å². The van der Waals surface area contributed by atoms with E-state index in [9.17, 15) is 18.0 Å². The van der Waals surface area contributed by atoms with Crippen molar-refractivity contribution in [2.75, 3.05) is 32.4 Å². The van der Waals surface area contributed by atoms with Crippen LogP contribution in [0.3, 0.4) is 0 Å². The minimum absolute atomic E-state index is 0.00648. The summed E-state index contributed by atoms with van der Waals surface area (Å²) in [5, 5.41) is 1.66. The summed E-state index contributed by atoms with van der Waals surface area (Å²) in [7, 11) is 0. The normalized spacial score (nSPS) is 11.5. The Morgan fingerprint density at radius 2 is 1.80 bits per heavy atom. The zero-order valence-electron chi connectivity index (χ0n) is 7.77. The molecule has 0 saturated heterocycles. The van der Waals surface area contributed by atoms with Gasteiger partial charge in [0.25, 0.3) is 0 Å². The van der Waals surface area contributed by atoms with Gasteiger partial charge in [0.05, 0.1) is 19.8 Å². The minimum atomic E-state index is -4.85. The molecule has 0 bridgehead atoms. The quantitative estimate of drug-likeness (QED) is 0.539. The van der Waals surface area contributed by atoms with E-state index in [2.05, 4.69) is 4.74 Å². The van der Waals surface area contributed by atoms with Crippen molar-refractivity contribution in [2.24, 2.45) is 0 Å². The van der Waals surface area contributed by atoms with Crippen molar-refractivity contribution < 1.29 is 27.4 Å². The molecule has 1 N–H and O–H groups in total. The summed E-state index contributed by atoms with van der Waals surface area (Å²) in [6.07, 6.45) is -4.85. The molecule has 90 valence electrons. The first-order valence-corrected chi connectivity index (χ1v) is 4.58. The van der Waals surface area contributed by atoms with Crippen molar-refractivity contribution in [3.05, 3.63) is 0 Å². The largest absolute Gasteiger partial charge is 0.471 e. The van der Waals surface area contributed by atoms with E-state index in [1.807, 2.05) is 0 Å². The molecular weight excluding hydrogens is 239 g/mol. The number of amides is 1. The van der Waals surface area contributed by atoms with Gasteiger partial charge in [-0.1, -0.05) is 11.6 Å². The molecule has 1 amide bonds. The zero-order chi connectivity index (χ0) is 11.7. The number of hydrogen-bond donors (Lipinski definition) is 1. The number of hydrogen-bond acceptors (Lipinski definition) is 3. The van der Waals surface area contributed by atoms with Crippen molar-refractivity contribution in [2.45, 2.75) is 6.18 Å². The summed E-state index contributed by atoms with van der Waals surface area (Å²) in [5.74, 6) is -1.97. The zero-order valence-corrected chi connectivity index (χ0v) is 8.53. The molecule has 0 aliphatic rings. The van der Waals surface area contributed by atoms with Gasteiger partial charge >= 0.3 is 12.1 Å². The molecule has 0 aromatic heterocycles. The maximum atomic E-state index is 11.6. The van der Waals surface area contributed by atoms with Crippen LogP contribution in [0.2, 0.25) is 0 Å². The van der Waals surface area contributed by atoms with Gasteiger partial charge in [-0.2, -0.15) is 13.2 Å². The molecule has 0 rings (SSSR count). The Labute approximate surface area is 89.7 Å². The highest BCUT2D eigenvalue weighted by molar-refractivity contribution is 6.17. The molecule has 0 fully saturated rings. The van der Waals surface area contributed by atoms with Crippen molar-refractivity contribution in [3.63, 3.8) is 0 Å². The molecule has 0 aromatic rings. The van der Waals surface area contributed by atoms with Gasteiger partial charge in [0.15, 0.2) is 0 Å². The molecule has 0 radical (unpaired) electrons. The van der Waals surface area contributed by atoms with E-state index < -0.39 is 12.1 Å². The lowest BCUT2D eigenvalue weighted by atomic mass is 10.5. The van der Waals surface area contributed by atoms with Gasteiger partial charge in [0.2, 0.25) is 0 Å². The molecule has 0 aliphatic carbocycles. The average Bonchev–Trinajstić information content (AvgIpc) is 2.14. The van der Waals surface area contributed by atoms with Crippen LogP contribution in [0.25, 0.3) is 0 Å². The second kappa shape index (κ2) is 7.72. The first-order chi connectivity index (χ1) is 6.98. The summed E-state index contributed by atoms with van der Waals surface area (Å²) < 4.78 is 44.4. The van der Waals surface area contributed by atoms with Gasteiger partial charge in [-0.25, -0.2) is 0 Å². The standard InChI is InChI=1S/C7H11ClF3NO3/c8-5-15-4-3-14-2-1-12-6(13)7(9,10)11/h1-5H2,(H,12,13). The van der Waals surface area contributed by atoms with E-state index in [-0.39, 0.29) is 32.4 Å². The van der Waals surface area contributed by atoms with E-state index in [4.69, 9.17) is 16.3 Å². The lowest BCUT2D eigenvalue weighted by Crippen LogP contribution is -2.38. The fourth-order valence-corrected chi connectivity index (χ4v) is 0.721. The smallest absolute Gasteiger partial charge is 0.377 e. The minimum Gasteiger partial charge on any atom is -0.377 e. The van der Waals surface area contributed by atoms with Crippen LogP contribution in [-0.4, -0.2) is 44.5 Å². The number of nitrogens with one attached hydrogen (secondary N) is 1. The van der Waals surface area contributed by atoms with Gasteiger partial charge in [-0.3, -0.25) is 4.79 Å². The Morgan fingerprint density at radius 3 is 2.33 bits per heavy atom. The molecular formula is C7H11ClF3NO3.